The maximum Gasteiger partial charge on any atom is 0.0376 e. The Kier molecular flexibility index (Phi) is 1.99. The zero-order valence-corrected chi connectivity index (χ0v) is 9.27. The average Bonchev–Trinajstić information content (AvgIpc) is 2.80. The summed E-state index contributed by atoms with van der Waals surface area (Å²) >= 11 is 0. The van der Waals surface area contributed by atoms with Crippen LogP contribution in [0.4, 0.5) is 5.69 Å². The molecule has 1 aromatic carbocycles. The van der Waals surface area contributed by atoms with Crippen LogP contribution in [-0.4, -0.2) is 12.1 Å². The fourth-order valence-corrected chi connectivity index (χ4v) is 2.13. The second kappa shape index (κ2) is 3.24. The molecule has 15 heavy (non-hydrogen) atoms. The van der Waals surface area contributed by atoms with Crippen molar-refractivity contribution < 1.29 is 0 Å². The zero-order valence-electron chi connectivity index (χ0n) is 9.27. The minimum atomic E-state index is 0.437. The van der Waals surface area contributed by atoms with Gasteiger partial charge in [0.25, 0.3) is 0 Å². The van der Waals surface area contributed by atoms with E-state index in [1.807, 2.05) is 0 Å². The van der Waals surface area contributed by atoms with Gasteiger partial charge in [-0.25, -0.2) is 0 Å². The third kappa shape index (κ3) is 1.86. The molecule has 3 rings (SSSR count). The summed E-state index contributed by atoms with van der Waals surface area (Å²) in [5, 5.41) is 7.04. The first kappa shape index (κ1) is 9.22. The van der Waals surface area contributed by atoms with Gasteiger partial charge in [0.15, 0.2) is 0 Å². The van der Waals surface area contributed by atoms with E-state index in [2.05, 4.69) is 35.8 Å². The third-order valence-electron chi connectivity index (χ3n) is 3.60. The van der Waals surface area contributed by atoms with Gasteiger partial charge in [-0.05, 0) is 43.4 Å². The molecule has 1 fully saturated rings. The van der Waals surface area contributed by atoms with Gasteiger partial charge < -0.3 is 10.6 Å². The summed E-state index contributed by atoms with van der Waals surface area (Å²) in [6, 6.07) is 6.81. The van der Waals surface area contributed by atoms with Crippen molar-refractivity contribution in [2.24, 2.45) is 0 Å². The lowest BCUT2D eigenvalue weighted by molar-refractivity contribution is 0.538. The van der Waals surface area contributed by atoms with E-state index < -0.39 is 0 Å². The van der Waals surface area contributed by atoms with Crippen LogP contribution in [0.15, 0.2) is 18.2 Å². The first-order valence-corrected chi connectivity index (χ1v) is 5.86. The number of nitrogens with one attached hydrogen (secondary N) is 2. The molecule has 0 saturated heterocycles. The molecule has 0 amide bonds. The van der Waals surface area contributed by atoms with Crippen molar-refractivity contribution in [2.75, 3.05) is 11.9 Å². The lowest BCUT2D eigenvalue weighted by Gasteiger charge is -2.12. The molecular formula is C13H18N2. The summed E-state index contributed by atoms with van der Waals surface area (Å²) < 4.78 is 0. The van der Waals surface area contributed by atoms with Gasteiger partial charge in [-0.1, -0.05) is 12.1 Å². The number of anilines is 1. The van der Waals surface area contributed by atoms with E-state index in [-0.39, 0.29) is 0 Å². The molecule has 1 saturated carbocycles. The second-order valence-electron chi connectivity index (χ2n) is 5.08. The maximum absolute atomic E-state index is 3.61. The van der Waals surface area contributed by atoms with Crippen molar-refractivity contribution >= 4 is 5.69 Å². The lowest BCUT2D eigenvalue weighted by atomic mass is 10.1. The Morgan fingerprint density at radius 1 is 1.40 bits per heavy atom. The monoisotopic (exact) mass is 202 g/mol. The minimum Gasteiger partial charge on any atom is -0.384 e. The number of fused-ring (bicyclic) bond motifs is 1. The highest BCUT2D eigenvalue weighted by molar-refractivity contribution is 5.57. The highest BCUT2D eigenvalue weighted by Crippen LogP contribution is 2.34. The predicted molar refractivity (Wildman–Crippen MR) is 63.1 cm³/mol. The van der Waals surface area contributed by atoms with E-state index in [0.717, 1.165) is 13.1 Å². The highest BCUT2D eigenvalue weighted by atomic mass is 15.0. The maximum atomic E-state index is 3.61. The molecule has 80 valence electrons. The van der Waals surface area contributed by atoms with Gasteiger partial charge in [-0.3, -0.25) is 0 Å². The average molecular weight is 202 g/mol. The lowest BCUT2D eigenvalue weighted by Crippen LogP contribution is -2.26. The third-order valence-corrected chi connectivity index (χ3v) is 3.60. The van der Waals surface area contributed by atoms with Crippen LogP contribution in [0, 0.1) is 0 Å². The van der Waals surface area contributed by atoms with Crippen molar-refractivity contribution in [2.45, 2.75) is 38.3 Å². The Morgan fingerprint density at radius 2 is 2.27 bits per heavy atom. The molecule has 1 heterocycles. The minimum absolute atomic E-state index is 0.437. The summed E-state index contributed by atoms with van der Waals surface area (Å²) in [6.07, 6.45) is 3.84. The quantitative estimate of drug-likeness (QED) is 0.786. The SMILES string of the molecule is CC1(NCc2ccc3c(c2)NCC3)CC1. The highest BCUT2D eigenvalue weighted by Gasteiger charge is 2.36. The molecular weight excluding hydrogens is 184 g/mol. The largest absolute Gasteiger partial charge is 0.384 e. The Morgan fingerprint density at radius 3 is 3.07 bits per heavy atom. The second-order valence-corrected chi connectivity index (χ2v) is 5.08. The van der Waals surface area contributed by atoms with Crippen molar-refractivity contribution in [1.29, 1.82) is 0 Å². The topological polar surface area (TPSA) is 24.1 Å². The van der Waals surface area contributed by atoms with Crippen LogP contribution in [0.2, 0.25) is 0 Å². The molecule has 2 heteroatoms. The first-order chi connectivity index (χ1) is 7.25. The van der Waals surface area contributed by atoms with Gasteiger partial charge in [0.2, 0.25) is 0 Å². The van der Waals surface area contributed by atoms with Crippen LogP contribution in [0.1, 0.15) is 30.9 Å². The summed E-state index contributed by atoms with van der Waals surface area (Å²) in [6.45, 7) is 4.41. The van der Waals surface area contributed by atoms with Gasteiger partial charge in [0.1, 0.15) is 0 Å². The summed E-state index contributed by atoms with van der Waals surface area (Å²) in [5.74, 6) is 0. The van der Waals surface area contributed by atoms with Crippen LogP contribution in [0.25, 0.3) is 0 Å². The van der Waals surface area contributed by atoms with Gasteiger partial charge in [0, 0.05) is 24.3 Å². The van der Waals surface area contributed by atoms with Crippen LogP contribution in [0.5, 0.6) is 0 Å². The van der Waals surface area contributed by atoms with E-state index in [4.69, 9.17) is 0 Å². The summed E-state index contributed by atoms with van der Waals surface area (Å²) in [5.41, 5.74) is 4.65. The van der Waals surface area contributed by atoms with Gasteiger partial charge in [0.05, 0.1) is 0 Å². The standard InChI is InChI=1S/C13H18N2/c1-13(5-6-13)15-9-10-2-3-11-4-7-14-12(11)8-10/h2-3,8,14-15H,4-7,9H2,1H3. The molecule has 0 unspecified atom stereocenters. The molecule has 2 aliphatic rings. The molecule has 1 aliphatic carbocycles. The Hall–Kier alpha value is -1.02. The summed E-state index contributed by atoms with van der Waals surface area (Å²) in [7, 11) is 0. The van der Waals surface area contributed by atoms with Crippen LogP contribution < -0.4 is 10.6 Å². The summed E-state index contributed by atoms with van der Waals surface area (Å²) in [4.78, 5) is 0. The fourth-order valence-electron chi connectivity index (χ4n) is 2.13. The number of hydrogen-bond acceptors (Lipinski definition) is 2. The van der Waals surface area contributed by atoms with E-state index in [1.165, 1.54) is 36.1 Å². The number of rotatable bonds is 3. The Balaban J connectivity index is 1.70. The molecule has 1 aromatic rings. The molecule has 0 bridgehead atoms. The van der Waals surface area contributed by atoms with Crippen molar-refractivity contribution in [3.63, 3.8) is 0 Å². The Labute approximate surface area is 91.1 Å². The normalized spacial score (nSPS) is 20.9. The molecule has 2 nitrogen and oxygen atoms in total. The predicted octanol–water partition coefficient (Wildman–Crippen LogP) is 2.30. The Bertz CT molecular complexity index is 380. The van der Waals surface area contributed by atoms with Gasteiger partial charge in [-0.15, -0.1) is 0 Å². The van der Waals surface area contributed by atoms with E-state index in [1.54, 1.807) is 0 Å². The van der Waals surface area contributed by atoms with Crippen molar-refractivity contribution in [3.8, 4) is 0 Å². The first-order valence-electron chi connectivity index (χ1n) is 5.86. The molecule has 1 aliphatic heterocycles. The zero-order chi connectivity index (χ0) is 10.3. The number of hydrogen-bond donors (Lipinski definition) is 2. The smallest absolute Gasteiger partial charge is 0.0376 e. The van der Waals surface area contributed by atoms with E-state index in [0.29, 0.717) is 5.54 Å². The van der Waals surface area contributed by atoms with Crippen molar-refractivity contribution in [1.82, 2.24) is 5.32 Å². The fraction of sp³-hybridized carbons (Fsp3) is 0.538. The molecule has 0 aromatic heterocycles. The molecule has 2 N–H and O–H groups in total. The van der Waals surface area contributed by atoms with E-state index in [9.17, 15) is 0 Å². The van der Waals surface area contributed by atoms with Gasteiger partial charge >= 0.3 is 0 Å². The molecule has 0 atom stereocenters. The van der Waals surface area contributed by atoms with Crippen LogP contribution in [-0.2, 0) is 13.0 Å². The van der Waals surface area contributed by atoms with Gasteiger partial charge in [-0.2, -0.15) is 0 Å². The van der Waals surface area contributed by atoms with Crippen LogP contribution >= 0.6 is 0 Å². The molecule has 0 radical (unpaired) electrons. The van der Waals surface area contributed by atoms with Crippen LogP contribution in [0.3, 0.4) is 0 Å². The van der Waals surface area contributed by atoms with E-state index >= 15 is 0 Å². The van der Waals surface area contributed by atoms with Crippen molar-refractivity contribution in [3.05, 3.63) is 29.3 Å². The molecule has 0 spiro atoms. The number of benzene rings is 1.